The molecule has 0 unspecified atom stereocenters. The van der Waals surface area contributed by atoms with Crippen molar-refractivity contribution in [3.8, 4) is 17.1 Å². The minimum Gasteiger partial charge on any atom is -0.488 e. The smallest absolute Gasteiger partial charge is 0.240 e. The predicted molar refractivity (Wildman–Crippen MR) is 69.4 cm³/mol. The first-order chi connectivity index (χ1) is 8.86. The minimum atomic E-state index is 0.245. The second-order valence-electron chi connectivity index (χ2n) is 3.99. The SMILES string of the molecule is NCc1nc(-c2ccccc2OC2CSC2)no1. The quantitative estimate of drug-likeness (QED) is 0.904. The van der Waals surface area contributed by atoms with Crippen LogP contribution in [0, 0.1) is 0 Å². The van der Waals surface area contributed by atoms with Crippen molar-refractivity contribution >= 4 is 11.8 Å². The maximum atomic E-state index is 5.90. The number of nitrogens with two attached hydrogens (primary N) is 1. The van der Waals surface area contributed by atoms with Crippen molar-refractivity contribution < 1.29 is 9.26 Å². The Kier molecular flexibility index (Phi) is 3.21. The third kappa shape index (κ3) is 2.21. The van der Waals surface area contributed by atoms with Gasteiger partial charge in [0, 0.05) is 11.5 Å². The first kappa shape index (κ1) is 11.6. The molecule has 0 saturated carbocycles. The van der Waals surface area contributed by atoms with Gasteiger partial charge in [0.2, 0.25) is 11.7 Å². The van der Waals surface area contributed by atoms with Gasteiger partial charge in [-0.1, -0.05) is 17.3 Å². The van der Waals surface area contributed by atoms with Crippen molar-refractivity contribution in [2.75, 3.05) is 11.5 Å². The third-order valence-electron chi connectivity index (χ3n) is 2.67. The Balaban J connectivity index is 1.89. The molecule has 0 bridgehead atoms. The summed E-state index contributed by atoms with van der Waals surface area (Å²) < 4.78 is 10.9. The highest BCUT2D eigenvalue weighted by Gasteiger charge is 2.22. The van der Waals surface area contributed by atoms with Gasteiger partial charge in [0.25, 0.3) is 0 Å². The summed E-state index contributed by atoms with van der Waals surface area (Å²) in [4.78, 5) is 4.22. The summed E-state index contributed by atoms with van der Waals surface area (Å²) in [5.74, 6) is 3.83. The molecular formula is C12H13N3O2S. The lowest BCUT2D eigenvalue weighted by molar-refractivity contribution is 0.241. The molecule has 0 spiro atoms. The number of hydrogen-bond acceptors (Lipinski definition) is 6. The maximum absolute atomic E-state index is 5.90. The molecule has 0 aliphatic carbocycles. The van der Waals surface area contributed by atoms with Crippen LogP contribution in [0.25, 0.3) is 11.4 Å². The highest BCUT2D eigenvalue weighted by molar-refractivity contribution is 8.00. The minimum absolute atomic E-state index is 0.245. The fourth-order valence-electron chi connectivity index (χ4n) is 1.66. The number of nitrogens with zero attached hydrogens (tertiary/aromatic N) is 2. The summed E-state index contributed by atoms with van der Waals surface area (Å²) >= 11 is 1.88. The van der Waals surface area contributed by atoms with E-state index in [-0.39, 0.29) is 12.6 Å². The first-order valence-corrected chi connectivity index (χ1v) is 6.89. The average Bonchev–Trinajstić information content (AvgIpc) is 2.83. The van der Waals surface area contributed by atoms with E-state index in [0.29, 0.717) is 11.7 Å². The summed E-state index contributed by atoms with van der Waals surface area (Å²) in [7, 11) is 0. The van der Waals surface area contributed by atoms with Crippen molar-refractivity contribution in [2.45, 2.75) is 12.6 Å². The molecule has 94 valence electrons. The molecule has 1 aliphatic rings. The van der Waals surface area contributed by atoms with Gasteiger partial charge in [0.1, 0.15) is 11.9 Å². The highest BCUT2D eigenvalue weighted by Crippen LogP contribution is 2.31. The molecule has 1 aliphatic heterocycles. The zero-order chi connectivity index (χ0) is 12.4. The van der Waals surface area contributed by atoms with Gasteiger partial charge < -0.3 is 15.0 Å². The Morgan fingerprint density at radius 3 is 2.89 bits per heavy atom. The molecule has 3 rings (SSSR count). The molecule has 0 radical (unpaired) electrons. The van der Waals surface area contributed by atoms with Crippen LogP contribution >= 0.6 is 11.8 Å². The zero-order valence-electron chi connectivity index (χ0n) is 9.70. The van der Waals surface area contributed by atoms with Gasteiger partial charge in [-0.05, 0) is 12.1 Å². The van der Waals surface area contributed by atoms with E-state index in [1.54, 1.807) is 0 Å². The monoisotopic (exact) mass is 263 g/mol. The van der Waals surface area contributed by atoms with Crippen LogP contribution in [-0.4, -0.2) is 27.8 Å². The van der Waals surface area contributed by atoms with Gasteiger partial charge >= 0.3 is 0 Å². The molecule has 1 aromatic carbocycles. The van der Waals surface area contributed by atoms with E-state index < -0.39 is 0 Å². The van der Waals surface area contributed by atoms with Gasteiger partial charge in [0.15, 0.2) is 0 Å². The Morgan fingerprint density at radius 1 is 1.39 bits per heavy atom. The fraction of sp³-hybridized carbons (Fsp3) is 0.333. The molecule has 2 heterocycles. The normalized spacial score (nSPS) is 15.4. The molecule has 6 heteroatoms. The summed E-state index contributed by atoms with van der Waals surface area (Å²) in [5, 5.41) is 3.92. The van der Waals surface area contributed by atoms with E-state index in [0.717, 1.165) is 22.8 Å². The van der Waals surface area contributed by atoms with Crippen molar-refractivity contribution in [3.63, 3.8) is 0 Å². The molecule has 0 amide bonds. The molecule has 1 aromatic heterocycles. The lowest BCUT2D eigenvalue weighted by Crippen LogP contribution is -2.31. The van der Waals surface area contributed by atoms with E-state index in [1.807, 2.05) is 36.0 Å². The van der Waals surface area contributed by atoms with E-state index in [1.165, 1.54) is 0 Å². The lowest BCUT2D eigenvalue weighted by atomic mass is 10.2. The number of hydrogen-bond donors (Lipinski definition) is 1. The molecule has 2 N–H and O–H groups in total. The van der Waals surface area contributed by atoms with Gasteiger partial charge in [-0.25, -0.2) is 0 Å². The van der Waals surface area contributed by atoms with Gasteiger partial charge in [-0.15, -0.1) is 0 Å². The van der Waals surface area contributed by atoms with Crippen molar-refractivity contribution in [1.82, 2.24) is 10.1 Å². The van der Waals surface area contributed by atoms with E-state index in [4.69, 9.17) is 15.0 Å². The lowest BCUT2D eigenvalue weighted by Gasteiger charge is -2.26. The van der Waals surface area contributed by atoms with Gasteiger partial charge in [-0.3, -0.25) is 0 Å². The molecule has 1 fully saturated rings. The Labute approximate surface area is 109 Å². The third-order valence-corrected chi connectivity index (χ3v) is 3.89. The van der Waals surface area contributed by atoms with Crippen LogP contribution in [0.2, 0.25) is 0 Å². The second kappa shape index (κ2) is 4.99. The average molecular weight is 263 g/mol. The van der Waals surface area contributed by atoms with Crippen LogP contribution in [-0.2, 0) is 6.54 Å². The van der Waals surface area contributed by atoms with Crippen molar-refractivity contribution in [3.05, 3.63) is 30.2 Å². The Morgan fingerprint density at radius 2 is 2.22 bits per heavy atom. The number of rotatable bonds is 4. The van der Waals surface area contributed by atoms with Crippen LogP contribution in [0.5, 0.6) is 5.75 Å². The molecule has 0 atom stereocenters. The van der Waals surface area contributed by atoms with Gasteiger partial charge in [0.05, 0.1) is 12.1 Å². The number of para-hydroxylation sites is 1. The number of ether oxygens (including phenoxy) is 1. The van der Waals surface area contributed by atoms with Crippen molar-refractivity contribution in [1.29, 1.82) is 0 Å². The number of thioether (sulfide) groups is 1. The van der Waals surface area contributed by atoms with Crippen LogP contribution in [0.4, 0.5) is 0 Å². The standard InChI is InChI=1S/C12H13N3O2S/c13-5-11-14-12(15-17-11)9-3-1-2-4-10(9)16-8-6-18-7-8/h1-4,8H,5-7,13H2. The summed E-state index contributed by atoms with van der Waals surface area (Å²) in [6, 6.07) is 7.72. The van der Waals surface area contributed by atoms with Crippen LogP contribution in [0.15, 0.2) is 28.8 Å². The summed E-state index contributed by atoms with van der Waals surface area (Å²) in [6.07, 6.45) is 0.289. The molecule has 5 nitrogen and oxygen atoms in total. The van der Waals surface area contributed by atoms with Crippen molar-refractivity contribution in [2.24, 2.45) is 5.73 Å². The summed E-state index contributed by atoms with van der Waals surface area (Å²) in [6.45, 7) is 0.245. The van der Waals surface area contributed by atoms with Crippen LogP contribution in [0.3, 0.4) is 0 Å². The summed E-state index contributed by atoms with van der Waals surface area (Å²) in [5.41, 5.74) is 6.31. The molecular weight excluding hydrogens is 250 g/mol. The van der Waals surface area contributed by atoms with E-state index in [9.17, 15) is 0 Å². The van der Waals surface area contributed by atoms with E-state index in [2.05, 4.69) is 10.1 Å². The maximum Gasteiger partial charge on any atom is 0.240 e. The van der Waals surface area contributed by atoms with Crippen LogP contribution in [0.1, 0.15) is 5.89 Å². The number of benzene rings is 1. The number of aromatic nitrogens is 2. The second-order valence-corrected chi connectivity index (χ2v) is 5.06. The predicted octanol–water partition coefficient (Wildman–Crippen LogP) is 1.69. The van der Waals surface area contributed by atoms with Gasteiger partial charge in [-0.2, -0.15) is 16.7 Å². The molecule has 1 saturated heterocycles. The highest BCUT2D eigenvalue weighted by atomic mass is 32.2. The largest absolute Gasteiger partial charge is 0.488 e. The topological polar surface area (TPSA) is 74.2 Å². The molecule has 18 heavy (non-hydrogen) atoms. The fourth-order valence-corrected chi connectivity index (χ4v) is 2.23. The Hall–Kier alpha value is -1.53. The molecule has 2 aromatic rings. The Bertz CT molecular complexity index is 540. The zero-order valence-corrected chi connectivity index (χ0v) is 10.5. The van der Waals surface area contributed by atoms with E-state index >= 15 is 0 Å². The van der Waals surface area contributed by atoms with Crippen LogP contribution < -0.4 is 10.5 Å². The first-order valence-electron chi connectivity index (χ1n) is 5.73.